The molecule has 1 aromatic heterocycles. The highest BCUT2D eigenvalue weighted by Crippen LogP contribution is 2.30. The van der Waals surface area contributed by atoms with Gasteiger partial charge in [0.25, 0.3) is 0 Å². The van der Waals surface area contributed by atoms with Gasteiger partial charge in [0.1, 0.15) is 11.6 Å². The standard InChI is InChI=1S/C9H8F2N2S/c1-2-4-5(10)3-6(11)8-7(4)13-9(12)14-8/h3H,2H2,1H3,(H2,12,13). The summed E-state index contributed by atoms with van der Waals surface area (Å²) in [6.45, 7) is 1.80. The molecule has 1 heterocycles. The molecule has 14 heavy (non-hydrogen) atoms. The lowest BCUT2D eigenvalue weighted by atomic mass is 10.1. The minimum atomic E-state index is -0.594. The smallest absolute Gasteiger partial charge is 0.181 e. The van der Waals surface area contributed by atoms with E-state index < -0.39 is 11.6 Å². The zero-order chi connectivity index (χ0) is 10.3. The quantitative estimate of drug-likeness (QED) is 0.792. The summed E-state index contributed by atoms with van der Waals surface area (Å²) < 4.78 is 26.9. The van der Waals surface area contributed by atoms with Crippen LogP contribution in [-0.2, 0) is 6.42 Å². The van der Waals surface area contributed by atoms with Crippen molar-refractivity contribution in [2.24, 2.45) is 0 Å². The number of rotatable bonds is 1. The second kappa shape index (κ2) is 3.16. The van der Waals surface area contributed by atoms with Gasteiger partial charge in [0.05, 0.1) is 10.2 Å². The van der Waals surface area contributed by atoms with E-state index in [9.17, 15) is 8.78 Å². The van der Waals surface area contributed by atoms with Crippen molar-refractivity contribution in [3.63, 3.8) is 0 Å². The molecule has 5 heteroatoms. The van der Waals surface area contributed by atoms with E-state index in [1.807, 2.05) is 0 Å². The summed E-state index contributed by atoms with van der Waals surface area (Å²) in [4.78, 5) is 3.92. The van der Waals surface area contributed by atoms with Crippen molar-refractivity contribution in [1.82, 2.24) is 4.98 Å². The molecule has 2 N–H and O–H groups in total. The number of benzene rings is 1. The van der Waals surface area contributed by atoms with E-state index in [0.717, 1.165) is 17.4 Å². The zero-order valence-electron chi connectivity index (χ0n) is 7.47. The predicted octanol–water partition coefficient (Wildman–Crippen LogP) is 2.72. The summed E-state index contributed by atoms with van der Waals surface area (Å²) >= 11 is 1.04. The first-order valence-corrected chi connectivity index (χ1v) is 4.98. The van der Waals surface area contributed by atoms with Gasteiger partial charge in [-0.1, -0.05) is 18.3 Å². The van der Waals surface area contributed by atoms with Gasteiger partial charge in [0.2, 0.25) is 0 Å². The van der Waals surface area contributed by atoms with E-state index in [-0.39, 0.29) is 5.13 Å². The second-order valence-corrected chi connectivity index (χ2v) is 3.93. The van der Waals surface area contributed by atoms with Gasteiger partial charge in [0.15, 0.2) is 5.13 Å². The maximum absolute atomic E-state index is 13.3. The van der Waals surface area contributed by atoms with Crippen LogP contribution < -0.4 is 5.73 Å². The highest BCUT2D eigenvalue weighted by Gasteiger charge is 2.14. The SMILES string of the molecule is CCc1c(F)cc(F)c2sc(N)nc12. The summed E-state index contributed by atoms with van der Waals surface area (Å²) in [7, 11) is 0. The van der Waals surface area contributed by atoms with Gasteiger partial charge in [-0.3, -0.25) is 0 Å². The molecule has 0 radical (unpaired) electrons. The minimum absolute atomic E-state index is 0.263. The van der Waals surface area contributed by atoms with Crippen molar-refractivity contribution in [3.8, 4) is 0 Å². The lowest BCUT2D eigenvalue weighted by molar-refractivity contribution is 0.583. The third-order valence-electron chi connectivity index (χ3n) is 2.04. The lowest BCUT2D eigenvalue weighted by Gasteiger charge is -2.00. The average Bonchev–Trinajstić information content (AvgIpc) is 2.48. The molecular formula is C9H8F2N2S. The van der Waals surface area contributed by atoms with Crippen LogP contribution in [0.25, 0.3) is 10.2 Å². The van der Waals surface area contributed by atoms with Crippen LogP contribution in [0, 0.1) is 11.6 Å². The summed E-state index contributed by atoms with van der Waals surface area (Å²) in [5.74, 6) is -1.15. The number of aryl methyl sites for hydroxylation is 1. The molecule has 2 rings (SSSR count). The van der Waals surface area contributed by atoms with Crippen LogP contribution in [0.15, 0.2) is 6.07 Å². The fourth-order valence-corrected chi connectivity index (χ4v) is 2.18. The Morgan fingerprint density at radius 1 is 1.43 bits per heavy atom. The van der Waals surface area contributed by atoms with Crippen LogP contribution in [0.1, 0.15) is 12.5 Å². The van der Waals surface area contributed by atoms with Crippen molar-refractivity contribution in [1.29, 1.82) is 0 Å². The number of hydrogen-bond donors (Lipinski definition) is 1. The van der Waals surface area contributed by atoms with Gasteiger partial charge in [-0.2, -0.15) is 0 Å². The number of halogens is 2. The Balaban J connectivity index is 2.89. The highest BCUT2D eigenvalue weighted by atomic mass is 32.1. The van der Waals surface area contributed by atoms with Crippen molar-refractivity contribution in [3.05, 3.63) is 23.3 Å². The molecule has 0 bridgehead atoms. The predicted molar refractivity (Wildman–Crippen MR) is 53.3 cm³/mol. The van der Waals surface area contributed by atoms with E-state index >= 15 is 0 Å². The number of thiazole rings is 1. The molecule has 0 spiro atoms. The Labute approximate surface area is 83.4 Å². The van der Waals surface area contributed by atoms with Gasteiger partial charge >= 0.3 is 0 Å². The van der Waals surface area contributed by atoms with E-state index in [4.69, 9.17) is 5.73 Å². The molecule has 0 atom stereocenters. The monoisotopic (exact) mass is 214 g/mol. The molecule has 0 aliphatic heterocycles. The third kappa shape index (κ3) is 1.24. The summed E-state index contributed by atoms with van der Waals surface area (Å²) in [6, 6.07) is 0.888. The van der Waals surface area contributed by atoms with Crippen LogP contribution in [0.2, 0.25) is 0 Å². The van der Waals surface area contributed by atoms with Crippen molar-refractivity contribution >= 4 is 26.7 Å². The highest BCUT2D eigenvalue weighted by molar-refractivity contribution is 7.22. The lowest BCUT2D eigenvalue weighted by Crippen LogP contribution is -1.92. The summed E-state index contributed by atoms with van der Waals surface area (Å²) in [5.41, 5.74) is 6.23. The molecule has 2 aromatic rings. The maximum Gasteiger partial charge on any atom is 0.181 e. The van der Waals surface area contributed by atoms with Gasteiger partial charge < -0.3 is 5.73 Å². The second-order valence-electron chi connectivity index (χ2n) is 2.90. The molecule has 1 aromatic carbocycles. The van der Waals surface area contributed by atoms with Gasteiger partial charge in [-0.05, 0) is 6.42 Å². The topological polar surface area (TPSA) is 38.9 Å². The first-order valence-electron chi connectivity index (χ1n) is 4.16. The molecular weight excluding hydrogens is 206 g/mol. The van der Waals surface area contributed by atoms with Crippen LogP contribution in [-0.4, -0.2) is 4.98 Å². The molecule has 2 nitrogen and oxygen atoms in total. The van der Waals surface area contributed by atoms with Crippen LogP contribution in [0.3, 0.4) is 0 Å². The van der Waals surface area contributed by atoms with Crippen molar-refractivity contribution in [2.45, 2.75) is 13.3 Å². The minimum Gasteiger partial charge on any atom is -0.375 e. The largest absolute Gasteiger partial charge is 0.375 e. The molecule has 0 saturated heterocycles. The maximum atomic E-state index is 13.3. The number of nitrogens with two attached hydrogens (primary N) is 1. The van der Waals surface area contributed by atoms with E-state index in [0.29, 0.717) is 22.2 Å². The van der Waals surface area contributed by atoms with Crippen molar-refractivity contribution in [2.75, 3.05) is 5.73 Å². The first-order chi connectivity index (χ1) is 6.63. The van der Waals surface area contributed by atoms with Crippen LogP contribution in [0.4, 0.5) is 13.9 Å². The molecule has 74 valence electrons. The number of nitrogens with zero attached hydrogens (tertiary/aromatic N) is 1. The summed E-state index contributed by atoms with van der Waals surface area (Å²) in [6.07, 6.45) is 0.478. The molecule has 0 fully saturated rings. The molecule has 0 saturated carbocycles. The van der Waals surface area contributed by atoms with E-state index in [1.165, 1.54) is 0 Å². The Morgan fingerprint density at radius 2 is 2.14 bits per heavy atom. The number of aromatic nitrogens is 1. The Bertz CT molecular complexity index is 493. The van der Waals surface area contributed by atoms with Crippen LogP contribution in [0.5, 0.6) is 0 Å². The van der Waals surface area contributed by atoms with Crippen LogP contribution >= 0.6 is 11.3 Å². The van der Waals surface area contributed by atoms with Gasteiger partial charge in [-0.25, -0.2) is 13.8 Å². The number of nitrogen functional groups attached to an aromatic ring is 1. The molecule has 0 unspecified atom stereocenters. The van der Waals surface area contributed by atoms with Gasteiger partial charge in [0, 0.05) is 11.6 Å². The van der Waals surface area contributed by atoms with Gasteiger partial charge in [-0.15, -0.1) is 0 Å². The first kappa shape index (κ1) is 9.33. The van der Waals surface area contributed by atoms with E-state index in [1.54, 1.807) is 6.92 Å². The third-order valence-corrected chi connectivity index (χ3v) is 2.93. The normalized spacial score (nSPS) is 11.1. The van der Waals surface area contributed by atoms with Crippen molar-refractivity contribution < 1.29 is 8.78 Å². The fourth-order valence-electron chi connectivity index (χ4n) is 1.42. The Morgan fingerprint density at radius 3 is 2.79 bits per heavy atom. The Hall–Kier alpha value is -1.23. The Kier molecular flexibility index (Phi) is 2.11. The molecule has 0 aliphatic rings. The number of hydrogen-bond acceptors (Lipinski definition) is 3. The van der Waals surface area contributed by atoms with E-state index in [2.05, 4.69) is 4.98 Å². The molecule has 0 aliphatic carbocycles. The average molecular weight is 214 g/mol. The summed E-state index contributed by atoms with van der Waals surface area (Å²) in [5, 5.41) is 0.263. The zero-order valence-corrected chi connectivity index (χ0v) is 8.29. The number of anilines is 1. The molecule has 0 amide bonds. The number of fused-ring (bicyclic) bond motifs is 1. The fraction of sp³-hybridized carbons (Fsp3) is 0.222.